The monoisotopic (exact) mass is 224 g/mol. The third kappa shape index (κ3) is 3.77. The molecule has 0 heterocycles. The summed E-state index contributed by atoms with van der Waals surface area (Å²) >= 11 is 0. The van der Waals surface area contributed by atoms with Crippen molar-refractivity contribution in [2.24, 2.45) is 11.8 Å². The molecule has 2 N–H and O–H groups in total. The van der Waals surface area contributed by atoms with Gasteiger partial charge >= 0.3 is 0 Å². The smallest absolute Gasteiger partial charge is 0.107 e. The van der Waals surface area contributed by atoms with E-state index in [1.165, 1.54) is 12.8 Å². The van der Waals surface area contributed by atoms with Gasteiger partial charge in [-0.05, 0) is 31.1 Å². The van der Waals surface area contributed by atoms with Crippen LogP contribution in [0, 0.1) is 23.2 Å². The first-order valence-electron chi connectivity index (χ1n) is 6.39. The van der Waals surface area contributed by atoms with Crippen molar-refractivity contribution in [3.63, 3.8) is 0 Å². The zero-order chi connectivity index (χ0) is 12.0. The number of aliphatic hydroxyl groups is 1. The third-order valence-electron chi connectivity index (χ3n) is 3.45. The third-order valence-corrected chi connectivity index (χ3v) is 3.45. The lowest BCUT2D eigenvalue weighted by molar-refractivity contribution is 0.192. The molecule has 0 aromatic heterocycles. The zero-order valence-electron chi connectivity index (χ0n) is 10.5. The minimum atomic E-state index is -0.374. The van der Waals surface area contributed by atoms with Crippen LogP contribution >= 0.6 is 0 Å². The van der Waals surface area contributed by atoms with Gasteiger partial charge in [-0.1, -0.05) is 26.7 Å². The Morgan fingerprint density at radius 3 is 2.88 bits per heavy atom. The van der Waals surface area contributed by atoms with E-state index in [0.717, 1.165) is 19.3 Å². The molecule has 92 valence electrons. The molecule has 3 heteroatoms. The van der Waals surface area contributed by atoms with Crippen LogP contribution in [0.25, 0.3) is 0 Å². The lowest BCUT2D eigenvalue weighted by atomic mass is 9.74. The van der Waals surface area contributed by atoms with Crippen LogP contribution in [0.5, 0.6) is 0 Å². The van der Waals surface area contributed by atoms with Crippen molar-refractivity contribution in [1.29, 1.82) is 5.26 Å². The Balaban J connectivity index is 2.54. The summed E-state index contributed by atoms with van der Waals surface area (Å²) in [6.07, 6.45) is 5.47. The van der Waals surface area contributed by atoms with Crippen molar-refractivity contribution < 1.29 is 5.11 Å². The van der Waals surface area contributed by atoms with E-state index >= 15 is 0 Å². The molecule has 0 aromatic carbocycles. The standard InChI is InChI=1S/C13H24N2O/c1-11(2)8-12-4-3-5-13(9-12,10-14)15-6-7-16/h11-12,15-16H,3-9H2,1-2H3. The maximum Gasteiger partial charge on any atom is 0.107 e. The second kappa shape index (κ2) is 6.22. The number of hydrogen-bond donors (Lipinski definition) is 2. The summed E-state index contributed by atoms with van der Waals surface area (Å²) < 4.78 is 0. The van der Waals surface area contributed by atoms with E-state index in [2.05, 4.69) is 25.2 Å². The van der Waals surface area contributed by atoms with Gasteiger partial charge in [-0.15, -0.1) is 0 Å². The van der Waals surface area contributed by atoms with Crippen LogP contribution in [0.1, 0.15) is 46.0 Å². The molecule has 2 atom stereocenters. The molecule has 1 aliphatic rings. The van der Waals surface area contributed by atoms with Crippen LogP contribution in [0.2, 0.25) is 0 Å². The maximum atomic E-state index is 9.33. The Kier molecular flexibility index (Phi) is 5.24. The number of nitriles is 1. The maximum absolute atomic E-state index is 9.33. The summed E-state index contributed by atoms with van der Waals surface area (Å²) in [4.78, 5) is 0. The first kappa shape index (κ1) is 13.5. The Labute approximate surface area is 98.8 Å². The Morgan fingerprint density at radius 2 is 2.31 bits per heavy atom. The van der Waals surface area contributed by atoms with Crippen LogP contribution in [0.4, 0.5) is 0 Å². The normalized spacial score (nSPS) is 30.3. The highest BCUT2D eigenvalue weighted by atomic mass is 16.3. The average molecular weight is 224 g/mol. The molecule has 1 rings (SSSR count). The molecule has 1 fully saturated rings. The van der Waals surface area contributed by atoms with Gasteiger partial charge in [0.25, 0.3) is 0 Å². The fourth-order valence-corrected chi connectivity index (χ4v) is 2.85. The van der Waals surface area contributed by atoms with Crippen LogP contribution in [0.15, 0.2) is 0 Å². The van der Waals surface area contributed by atoms with Crippen LogP contribution in [0.3, 0.4) is 0 Å². The van der Waals surface area contributed by atoms with E-state index in [1.54, 1.807) is 0 Å². The molecule has 1 saturated carbocycles. The van der Waals surface area contributed by atoms with E-state index in [-0.39, 0.29) is 12.1 Å². The first-order valence-corrected chi connectivity index (χ1v) is 6.39. The molecule has 1 aliphatic carbocycles. The highest BCUT2D eigenvalue weighted by Crippen LogP contribution is 2.35. The Morgan fingerprint density at radius 1 is 1.56 bits per heavy atom. The van der Waals surface area contributed by atoms with E-state index in [1.807, 2.05) is 0 Å². The van der Waals surface area contributed by atoms with Crippen LogP contribution in [-0.4, -0.2) is 23.8 Å². The van der Waals surface area contributed by atoms with Gasteiger partial charge in [0.1, 0.15) is 5.54 Å². The largest absolute Gasteiger partial charge is 0.395 e. The van der Waals surface area contributed by atoms with Gasteiger partial charge in [-0.25, -0.2) is 0 Å². The summed E-state index contributed by atoms with van der Waals surface area (Å²) in [6, 6.07) is 2.43. The Hall–Kier alpha value is -0.590. The zero-order valence-corrected chi connectivity index (χ0v) is 10.5. The van der Waals surface area contributed by atoms with Gasteiger partial charge in [0.05, 0.1) is 12.7 Å². The summed E-state index contributed by atoms with van der Waals surface area (Å²) in [5, 5.41) is 21.4. The summed E-state index contributed by atoms with van der Waals surface area (Å²) in [5.41, 5.74) is -0.374. The molecule has 2 unspecified atom stereocenters. The SMILES string of the molecule is CC(C)CC1CCCC(C#N)(NCCO)C1. The number of rotatable bonds is 5. The van der Waals surface area contributed by atoms with E-state index in [4.69, 9.17) is 5.11 Å². The highest BCUT2D eigenvalue weighted by molar-refractivity contribution is 5.09. The molecule has 16 heavy (non-hydrogen) atoms. The fourth-order valence-electron chi connectivity index (χ4n) is 2.85. The minimum Gasteiger partial charge on any atom is -0.395 e. The average Bonchev–Trinajstić information content (AvgIpc) is 2.26. The summed E-state index contributed by atoms with van der Waals surface area (Å²) in [7, 11) is 0. The molecule has 0 amide bonds. The molecule has 3 nitrogen and oxygen atoms in total. The predicted molar refractivity (Wildman–Crippen MR) is 64.8 cm³/mol. The van der Waals surface area contributed by atoms with Crippen molar-refractivity contribution in [2.75, 3.05) is 13.2 Å². The second-order valence-electron chi connectivity index (χ2n) is 5.44. The molecular formula is C13H24N2O. The Bertz CT molecular complexity index is 247. The quantitative estimate of drug-likeness (QED) is 0.751. The second-order valence-corrected chi connectivity index (χ2v) is 5.44. The van der Waals surface area contributed by atoms with Crippen molar-refractivity contribution in [3.05, 3.63) is 0 Å². The summed E-state index contributed by atoms with van der Waals surface area (Å²) in [6.45, 7) is 5.12. The van der Waals surface area contributed by atoms with Crippen LogP contribution in [-0.2, 0) is 0 Å². The predicted octanol–water partition coefficient (Wildman–Crippen LogP) is 2.07. The van der Waals surface area contributed by atoms with E-state index in [9.17, 15) is 5.26 Å². The van der Waals surface area contributed by atoms with Crippen molar-refractivity contribution >= 4 is 0 Å². The highest BCUT2D eigenvalue weighted by Gasteiger charge is 2.35. The van der Waals surface area contributed by atoms with Gasteiger partial charge < -0.3 is 5.11 Å². The fraction of sp³-hybridized carbons (Fsp3) is 0.923. The molecule has 0 bridgehead atoms. The molecule has 0 aromatic rings. The molecule has 0 aliphatic heterocycles. The van der Waals surface area contributed by atoms with Gasteiger partial charge in [-0.3, -0.25) is 5.32 Å². The van der Waals surface area contributed by atoms with Crippen molar-refractivity contribution in [2.45, 2.75) is 51.5 Å². The van der Waals surface area contributed by atoms with Gasteiger partial charge in [0.15, 0.2) is 0 Å². The van der Waals surface area contributed by atoms with Gasteiger partial charge in [0.2, 0.25) is 0 Å². The summed E-state index contributed by atoms with van der Waals surface area (Å²) in [5.74, 6) is 1.37. The molecule has 0 saturated heterocycles. The minimum absolute atomic E-state index is 0.109. The van der Waals surface area contributed by atoms with E-state index < -0.39 is 0 Å². The van der Waals surface area contributed by atoms with Gasteiger partial charge in [-0.2, -0.15) is 5.26 Å². The number of β-amino-alcohol motifs (C(OH)–C–C–N with tert-alkyl or cyclic N) is 1. The van der Waals surface area contributed by atoms with Crippen molar-refractivity contribution in [1.82, 2.24) is 5.32 Å². The van der Waals surface area contributed by atoms with Crippen LogP contribution < -0.4 is 5.32 Å². The molecule has 0 radical (unpaired) electrons. The molecular weight excluding hydrogens is 200 g/mol. The number of aliphatic hydroxyl groups excluding tert-OH is 1. The lowest BCUT2D eigenvalue weighted by Crippen LogP contribution is -2.48. The number of hydrogen-bond acceptors (Lipinski definition) is 3. The van der Waals surface area contributed by atoms with E-state index in [0.29, 0.717) is 18.4 Å². The van der Waals surface area contributed by atoms with Gasteiger partial charge in [0, 0.05) is 6.54 Å². The van der Waals surface area contributed by atoms with Crippen molar-refractivity contribution in [3.8, 4) is 6.07 Å². The first-order chi connectivity index (χ1) is 7.62. The number of nitrogens with zero attached hydrogens (tertiary/aromatic N) is 1. The lowest BCUT2D eigenvalue weighted by Gasteiger charge is -2.37. The topological polar surface area (TPSA) is 56.0 Å². The molecule has 0 spiro atoms. The number of nitrogens with one attached hydrogen (secondary N) is 1.